The molecule has 1 aromatic heterocycles. The van der Waals surface area contributed by atoms with Gasteiger partial charge in [0.05, 0.1) is 44.9 Å². The number of nitrogens with zero attached hydrogens (tertiary/aromatic N) is 1. The number of hydrogen-bond donors (Lipinski definition) is 3. The van der Waals surface area contributed by atoms with Crippen LogP contribution in [-0.2, 0) is 16.4 Å². The van der Waals surface area contributed by atoms with Gasteiger partial charge in [-0.3, -0.25) is 0 Å². The molecule has 0 radical (unpaired) electrons. The second kappa shape index (κ2) is 12.8. The Morgan fingerprint density at radius 3 is 2.51 bits per heavy atom. The van der Waals surface area contributed by atoms with Crippen molar-refractivity contribution in [3.8, 4) is 17.6 Å². The van der Waals surface area contributed by atoms with Crippen molar-refractivity contribution in [2.24, 2.45) is 5.14 Å². The van der Waals surface area contributed by atoms with E-state index in [2.05, 4.69) is 22.5 Å². The molecule has 0 amide bonds. The Morgan fingerprint density at radius 1 is 1.12 bits per heavy atom. The second-order valence-electron chi connectivity index (χ2n) is 9.96. The molecule has 0 bridgehead atoms. The molecule has 1 saturated heterocycles. The van der Waals surface area contributed by atoms with Crippen LogP contribution in [0.15, 0.2) is 41.3 Å². The molecular weight excluding hydrogens is 625 g/mol. The minimum Gasteiger partial charge on any atom is -0.482 e. The second-order valence-corrected chi connectivity index (χ2v) is 12.5. The number of primary sulfonamides is 1. The fraction of sp³-hybridized carbons (Fsp3) is 0.407. The largest absolute Gasteiger partial charge is 0.482 e. The molecule has 0 aliphatic carbocycles. The summed E-state index contributed by atoms with van der Waals surface area (Å²) in [4.78, 5) is 1.51. The highest BCUT2D eigenvalue weighted by Crippen LogP contribution is 2.39. The fourth-order valence-electron chi connectivity index (χ4n) is 4.55. The Labute approximate surface area is 247 Å². The maximum absolute atomic E-state index is 14.7. The first-order valence-corrected chi connectivity index (χ1v) is 15.2. The van der Waals surface area contributed by atoms with Crippen LogP contribution in [0.2, 0.25) is 0 Å². The molecule has 1 fully saturated rings. The van der Waals surface area contributed by atoms with Gasteiger partial charge in [-0.2, -0.15) is 26.3 Å². The predicted octanol–water partition coefficient (Wildman–Crippen LogP) is 5.51. The zero-order valence-corrected chi connectivity index (χ0v) is 24.2. The number of sulfonamides is 1. The summed E-state index contributed by atoms with van der Waals surface area (Å²) in [6.45, 7) is -1.05. The van der Waals surface area contributed by atoms with Gasteiger partial charge in [-0.25, -0.2) is 17.9 Å². The number of benzene rings is 2. The molecule has 1 aliphatic heterocycles. The van der Waals surface area contributed by atoms with Crippen molar-refractivity contribution < 1.29 is 43.9 Å². The lowest BCUT2D eigenvalue weighted by Gasteiger charge is -2.33. The van der Waals surface area contributed by atoms with E-state index in [1.54, 1.807) is 18.2 Å². The fourth-order valence-corrected chi connectivity index (χ4v) is 6.25. The predicted molar refractivity (Wildman–Crippen MR) is 151 cm³/mol. The van der Waals surface area contributed by atoms with Crippen molar-refractivity contribution in [2.45, 2.75) is 42.3 Å². The standard InChI is InChI=1S/C27H27F7N4O3S2/c1-38-11-9-20(19(28)14-38)37-22-5-2-4-17-18(13-26(29,30)31)24(42-25(17)22)6-3-10-36-21-8-7-16(43(35,39)40)12-23(21)41-15-27(32,33)34/h2,4-5,7-8,12,19-20,36-37H,9-11,13-15H2,1H3,(H2,35,39,40). The van der Waals surface area contributed by atoms with Crippen molar-refractivity contribution in [1.82, 2.24) is 4.90 Å². The van der Waals surface area contributed by atoms with Gasteiger partial charge in [0.25, 0.3) is 0 Å². The molecule has 16 heteroatoms. The first kappa shape index (κ1) is 32.6. The summed E-state index contributed by atoms with van der Waals surface area (Å²) in [6, 6.07) is 7.31. The lowest BCUT2D eigenvalue weighted by molar-refractivity contribution is -0.153. The van der Waals surface area contributed by atoms with Crippen LogP contribution in [0.3, 0.4) is 0 Å². The summed E-state index contributed by atoms with van der Waals surface area (Å²) in [6.07, 6.45) is -11.2. The van der Waals surface area contributed by atoms with Gasteiger partial charge in [-0.15, -0.1) is 11.3 Å². The number of halogens is 7. The first-order valence-electron chi connectivity index (χ1n) is 12.8. The normalized spacial score (nSPS) is 18.3. The van der Waals surface area contributed by atoms with Gasteiger partial charge < -0.3 is 20.3 Å². The minimum atomic E-state index is -4.71. The number of rotatable bonds is 8. The number of nitrogens with one attached hydrogen (secondary N) is 2. The quantitative estimate of drug-likeness (QED) is 0.220. The molecule has 4 N–H and O–H groups in total. The Kier molecular flexibility index (Phi) is 9.69. The van der Waals surface area contributed by atoms with Gasteiger partial charge >= 0.3 is 12.4 Å². The number of anilines is 2. The molecule has 2 unspecified atom stereocenters. The van der Waals surface area contributed by atoms with Gasteiger partial charge in [-0.05, 0) is 42.6 Å². The highest BCUT2D eigenvalue weighted by Gasteiger charge is 2.32. The number of likely N-dealkylation sites (tertiary alicyclic amines) is 1. The van der Waals surface area contributed by atoms with Crippen LogP contribution in [0.1, 0.15) is 16.9 Å². The van der Waals surface area contributed by atoms with E-state index in [1.807, 2.05) is 11.9 Å². The Morgan fingerprint density at radius 2 is 1.86 bits per heavy atom. The van der Waals surface area contributed by atoms with Crippen molar-refractivity contribution in [1.29, 1.82) is 0 Å². The minimum absolute atomic E-state index is 0.0387. The van der Waals surface area contributed by atoms with E-state index < -0.39 is 58.3 Å². The third-order valence-corrected chi connectivity index (χ3v) is 8.63. The third kappa shape index (κ3) is 8.88. The van der Waals surface area contributed by atoms with E-state index in [-0.39, 0.29) is 29.2 Å². The molecule has 0 spiro atoms. The molecule has 0 saturated carbocycles. The highest BCUT2D eigenvalue weighted by atomic mass is 32.2. The first-order chi connectivity index (χ1) is 20.0. The maximum Gasteiger partial charge on any atom is 0.422 e. The SMILES string of the molecule is CN1CCC(Nc2cccc3c(CC(F)(F)F)c(C#CCNc4ccc(S(N)(=O)=O)cc4OCC(F)(F)F)sc23)C(F)C1. The lowest BCUT2D eigenvalue weighted by Crippen LogP contribution is -2.46. The van der Waals surface area contributed by atoms with Crippen LogP contribution >= 0.6 is 11.3 Å². The summed E-state index contributed by atoms with van der Waals surface area (Å²) in [5, 5.41) is 11.2. The molecule has 7 nitrogen and oxygen atoms in total. The molecule has 234 valence electrons. The number of fused-ring (bicyclic) bond motifs is 1. The van der Waals surface area contributed by atoms with E-state index in [4.69, 9.17) is 9.88 Å². The van der Waals surface area contributed by atoms with Crippen LogP contribution < -0.4 is 20.5 Å². The number of thiophene rings is 1. The van der Waals surface area contributed by atoms with Crippen molar-refractivity contribution >= 4 is 42.8 Å². The summed E-state index contributed by atoms with van der Waals surface area (Å²) in [5.41, 5.74) is 0.412. The molecule has 2 aromatic carbocycles. The molecule has 4 rings (SSSR count). The zero-order chi connectivity index (χ0) is 31.6. The van der Waals surface area contributed by atoms with E-state index in [1.165, 1.54) is 0 Å². The van der Waals surface area contributed by atoms with Crippen LogP contribution in [0.4, 0.5) is 42.1 Å². The molecule has 1 aliphatic rings. The Hall–Kier alpha value is -3.26. The summed E-state index contributed by atoms with van der Waals surface area (Å²) >= 11 is 1.02. The molecule has 3 aromatic rings. The van der Waals surface area contributed by atoms with Crippen molar-refractivity contribution in [3.05, 3.63) is 46.8 Å². The Balaban J connectivity index is 1.61. The van der Waals surface area contributed by atoms with Crippen molar-refractivity contribution in [3.63, 3.8) is 0 Å². The maximum atomic E-state index is 14.7. The number of ether oxygens (including phenoxy) is 1. The molecule has 43 heavy (non-hydrogen) atoms. The number of hydrogen-bond acceptors (Lipinski definition) is 7. The molecule has 2 heterocycles. The highest BCUT2D eigenvalue weighted by molar-refractivity contribution is 7.89. The van der Waals surface area contributed by atoms with E-state index in [0.717, 1.165) is 29.5 Å². The lowest BCUT2D eigenvalue weighted by atomic mass is 10.0. The van der Waals surface area contributed by atoms with Crippen LogP contribution in [0, 0.1) is 11.8 Å². The average molecular weight is 653 g/mol. The monoisotopic (exact) mass is 652 g/mol. The van der Waals surface area contributed by atoms with Crippen LogP contribution in [-0.4, -0.2) is 71.2 Å². The third-order valence-electron chi connectivity index (χ3n) is 6.52. The van der Waals surface area contributed by atoms with Crippen LogP contribution in [0.5, 0.6) is 5.75 Å². The Bertz CT molecular complexity index is 1630. The van der Waals surface area contributed by atoms with Gasteiger partial charge in [-0.1, -0.05) is 24.0 Å². The zero-order valence-electron chi connectivity index (χ0n) is 22.6. The number of piperidine rings is 1. The number of alkyl halides is 7. The van der Waals surface area contributed by atoms with E-state index in [0.29, 0.717) is 28.7 Å². The number of nitrogens with two attached hydrogens (primary N) is 1. The van der Waals surface area contributed by atoms with Gasteiger partial charge in [0.1, 0.15) is 11.9 Å². The van der Waals surface area contributed by atoms with Gasteiger partial charge in [0.2, 0.25) is 10.0 Å². The van der Waals surface area contributed by atoms with Crippen LogP contribution in [0.25, 0.3) is 10.1 Å². The van der Waals surface area contributed by atoms with Crippen molar-refractivity contribution in [2.75, 3.05) is 43.9 Å². The van der Waals surface area contributed by atoms with Gasteiger partial charge in [0.15, 0.2) is 6.61 Å². The van der Waals surface area contributed by atoms with Gasteiger partial charge in [0, 0.05) is 19.2 Å². The summed E-state index contributed by atoms with van der Waals surface area (Å²) in [5.74, 6) is 4.93. The summed E-state index contributed by atoms with van der Waals surface area (Å²) in [7, 11) is -2.44. The molecule has 2 atom stereocenters. The summed E-state index contributed by atoms with van der Waals surface area (Å²) < 4.78 is 122. The van der Waals surface area contributed by atoms with E-state index >= 15 is 0 Å². The topological polar surface area (TPSA) is 96.7 Å². The molecular formula is C27H27F7N4O3S2. The smallest absolute Gasteiger partial charge is 0.422 e. The average Bonchev–Trinajstić information content (AvgIpc) is 3.23. The van der Waals surface area contributed by atoms with E-state index in [9.17, 15) is 39.2 Å².